The van der Waals surface area contributed by atoms with E-state index in [0.717, 1.165) is 22.9 Å². The van der Waals surface area contributed by atoms with E-state index in [1.165, 1.54) is 0 Å². The Morgan fingerprint density at radius 2 is 2.19 bits per heavy atom. The predicted molar refractivity (Wildman–Crippen MR) is 82.5 cm³/mol. The number of aromatic nitrogens is 1. The van der Waals surface area contributed by atoms with Crippen LogP contribution in [0.25, 0.3) is 10.9 Å². The van der Waals surface area contributed by atoms with Gasteiger partial charge >= 0.3 is 0 Å². The van der Waals surface area contributed by atoms with Crippen LogP contribution >= 0.6 is 0 Å². The summed E-state index contributed by atoms with van der Waals surface area (Å²) >= 11 is 0. The number of hydrogen-bond donors (Lipinski definition) is 1. The quantitative estimate of drug-likeness (QED) is 0.885. The molecule has 0 saturated carbocycles. The second-order valence-corrected chi connectivity index (χ2v) is 5.00. The molecule has 2 aromatic rings. The van der Waals surface area contributed by atoms with E-state index >= 15 is 0 Å². The first-order valence-electron chi connectivity index (χ1n) is 7.26. The highest BCUT2D eigenvalue weighted by molar-refractivity contribution is 5.82. The normalized spacial score (nSPS) is 11.8. The highest BCUT2D eigenvalue weighted by Gasteiger charge is 2.15. The third kappa shape index (κ3) is 3.79. The van der Waals surface area contributed by atoms with Gasteiger partial charge in [-0.2, -0.15) is 5.26 Å². The second-order valence-electron chi connectivity index (χ2n) is 5.00. The van der Waals surface area contributed by atoms with Crippen molar-refractivity contribution in [3.63, 3.8) is 0 Å². The summed E-state index contributed by atoms with van der Waals surface area (Å²) in [5.74, 6) is -0.715. The fourth-order valence-corrected chi connectivity index (χ4v) is 2.36. The molecule has 2 rings (SSSR count). The SMILES string of the molecule is CCCC(C#N)C(=O)NCCc1cccc2cccnc12. The molecule has 1 unspecified atom stereocenters. The monoisotopic (exact) mass is 281 g/mol. The van der Waals surface area contributed by atoms with Gasteiger partial charge in [-0.1, -0.05) is 37.6 Å². The summed E-state index contributed by atoms with van der Waals surface area (Å²) in [6.07, 6.45) is 3.93. The molecule has 1 aromatic carbocycles. The molecule has 1 atom stereocenters. The van der Waals surface area contributed by atoms with E-state index in [1.807, 2.05) is 37.3 Å². The van der Waals surface area contributed by atoms with Crippen LogP contribution in [0, 0.1) is 17.2 Å². The van der Waals surface area contributed by atoms with Gasteiger partial charge in [-0.05, 0) is 24.5 Å². The molecule has 4 heteroatoms. The van der Waals surface area contributed by atoms with Crippen LogP contribution in [0.1, 0.15) is 25.3 Å². The third-order valence-electron chi connectivity index (χ3n) is 3.46. The molecular formula is C17H19N3O. The standard InChI is InChI=1S/C17H19N3O/c1-2-5-15(12-18)17(21)20-11-9-14-7-3-6-13-8-4-10-19-16(13)14/h3-4,6-8,10,15H,2,5,9,11H2,1H3,(H,20,21). The predicted octanol–water partition coefficient (Wildman–Crippen LogP) is 2.83. The molecule has 0 bridgehead atoms. The lowest BCUT2D eigenvalue weighted by molar-refractivity contribution is -0.123. The smallest absolute Gasteiger partial charge is 0.237 e. The Balaban J connectivity index is 1.97. The average Bonchev–Trinajstić information content (AvgIpc) is 2.52. The van der Waals surface area contributed by atoms with Gasteiger partial charge in [0.1, 0.15) is 5.92 Å². The molecular weight excluding hydrogens is 262 g/mol. The number of carbonyl (C=O) groups is 1. The van der Waals surface area contributed by atoms with Crippen LogP contribution in [0.2, 0.25) is 0 Å². The van der Waals surface area contributed by atoms with E-state index in [4.69, 9.17) is 5.26 Å². The number of para-hydroxylation sites is 1. The minimum Gasteiger partial charge on any atom is -0.355 e. The number of rotatable bonds is 6. The highest BCUT2D eigenvalue weighted by atomic mass is 16.1. The van der Waals surface area contributed by atoms with E-state index in [1.54, 1.807) is 6.20 Å². The largest absolute Gasteiger partial charge is 0.355 e. The van der Waals surface area contributed by atoms with Crippen molar-refractivity contribution in [2.24, 2.45) is 5.92 Å². The van der Waals surface area contributed by atoms with E-state index in [0.29, 0.717) is 19.4 Å². The number of hydrogen-bond acceptors (Lipinski definition) is 3. The summed E-state index contributed by atoms with van der Waals surface area (Å²) in [6.45, 7) is 2.50. The molecule has 0 fully saturated rings. The molecule has 1 N–H and O–H groups in total. The minimum atomic E-state index is -0.541. The summed E-state index contributed by atoms with van der Waals surface area (Å²) < 4.78 is 0. The Morgan fingerprint density at radius 1 is 1.38 bits per heavy atom. The van der Waals surface area contributed by atoms with Crippen LogP contribution in [0.4, 0.5) is 0 Å². The first kappa shape index (κ1) is 15.0. The van der Waals surface area contributed by atoms with Crippen LogP contribution < -0.4 is 5.32 Å². The average molecular weight is 281 g/mol. The molecule has 1 amide bonds. The number of amides is 1. The van der Waals surface area contributed by atoms with E-state index in [2.05, 4.69) is 16.4 Å². The van der Waals surface area contributed by atoms with Gasteiger partial charge in [0.15, 0.2) is 0 Å². The number of pyridine rings is 1. The number of nitrogens with one attached hydrogen (secondary N) is 1. The first-order valence-corrected chi connectivity index (χ1v) is 7.26. The molecule has 0 aliphatic rings. The van der Waals surface area contributed by atoms with Gasteiger partial charge in [0, 0.05) is 18.1 Å². The van der Waals surface area contributed by atoms with Crippen molar-refractivity contribution >= 4 is 16.8 Å². The van der Waals surface area contributed by atoms with Gasteiger partial charge in [-0.25, -0.2) is 0 Å². The fraction of sp³-hybridized carbons (Fsp3) is 0.353. The number of fused-ring (bicyclic) bond motifs is 1. The van der Waals surface area contributed by atoms with Crippen molar-refractivity contribution in [2.45, 2.75) is 26.2 Å². The zero-order valence-corrected chi connectivity index (χ0v) is 12.2. The van der Waals surface area contributed by atoms with E-state index in [9.17, 15) is 4.79 Å². The zero-order chi connectivity index (χ0) is 15.1. The highest BCUT2D eigenvalue weighted by Crippen LogP contribution is 2.16. The van der Waals surface area contributed by atoms with Gasteiger partial charge in [-0.3, -0.25) is 9.78 Å². The Bertz CT molecular complexity index is 655. The van der Waals surface area contributed by atoms with Crippen LogP contribution in [-0.4, -0.2) is 17.4 Å². The topological polar surface area (TPSA) is 65.8 Å². The first-order chi connectivity index (χ1) is 10.3. The Labute approximate surface area is 124 Å². The lowest BCUT2D eigenvalue weighted by Gasteiger charge is -2.10. The summed E-state index contributed by atoms with van der Waals surface area (Å²) in [5, 5.41) is 12.9. The van der Waals surface area contributed by atoms with Crippen LogP contribution in [0.15, 0.2) is 36.5 Å². The summed E-state index contributed by atoms with van der Waals surface area (Å²) in [7, 11) is 0. The zero-order valence-electron chi connectivity index (χ0n) is 12.2. The second kappa shape index (κ2) is 7.39. The molecule has 0 aliphatic carbocycles. The Morgan fingerprint density at radius 3 is 2.95 bits per heavy atom. The number of carbonyl (C=O) groups excluding carboxylic acids is 1. The molecule has 0 radical (unpaired) electrons. The maximum absolute atomic E-state index is 11.9. The molecule has 1 heterocycles. The Hall–Kier alpha value is -2.41. The molecule has 0 spiro atoms. The van der Waals surface area contributed by atoms with E-state index < -0.39 is 5.92 Å². The third-order valence-corrected chi connectivity index (χ3v) is 3.46. The van der Waals surface area contributed by atoms with Crippen molar-refractivity contribution in [3.05, 3.63) is 42.1 Å². The molecule has 0 saturated heterocycles. The lowest BCUT2D eigenvalue weighted by atomic mass is 10.0. The van der Waals surface area contributed by atoms with Crippen molar-refractivity contribution in [3.8, 4) is 6.07 Å². The summed E-state index contributed by atoms with van der Waals surface area (Å²) in [6, 6.07) is 12.0. The van der Waals surface area contributed by atoms with Gasteiger partial charge in [-0.15, -0.1) is 0 Å². The molecule has 4 nitrogen and oxygen atoms in total. The van der Waals surface area contributed by atoms with Gasteiger partial charge in [0.25, 0.3) is 0 Å². The molecule has 1 aromatic heterocycles. The van der Waals surface area contributed by atoms with Gasteiger partial charge < -0.3 is 5.32 Å². The van der Waals surface area contributed by atoms with Crippen molar-refractivity contribution in [1.82, 2.24) is 10.3 Å². The maximum atomic E-state index is 11.9. The number of benzene rings is 1. The molecule has 21 heavy (non-hydrogen) atoms. The van der Waals surface area contributed by atoms with Crippen LogP contribution in [0.5, 0.6) is 0 Å². The Kier molecular flexibility index (Phi) is 5.28. The fourth-order valence-electron chi connectivity index (χ4n) is 2.36. The maximum Gasteiger partial charge on any atom is 0.237 e. The van der Waals surface area contributed by atoms with Crippen LogP contribution in [-0.2, 0) is 11.2 Å². The van der Waals surface area contributed by atoms with E-state index in [-0.39, 0.29) is 5.91 Å². The summed E-state index contributed by atoms with van der Waals surface area (Å²) in [4.78, 5) is 16.3. The molecule has 108 valence electrons. The minimum absolute atomic E-state index is 0.174. The number of nitriles is 1. The van der Waals surface area contributed by atoms with Crippen molar-refractivity contribution in [1.29, 1.82) is 5.26 Å². The summed E-state index contributed by atoms with van der Waals surface area (Å²) in [5.41, 5.74) is 2.08. The van der Waals surface area contributed by atoms with Crippen LogP contribution in [0.3, 0.4) is 0 Å². The van der Waals surface area contributed by atoms with Gasteiger partial charge in [0.2, 0.25) is 5.91 Å². The van der Waals surface area contributed by atoms with Gasteiger partial charge in [0.05, 0.1) is 11.6 Å². The van der Waals surface area contributed by atoms with Crippen molar-refractivity contribution in [2.75, 3.05) is 6.54 Å². The van der Waals surface area contributed by atoms with Crippen molar-refractivity contribution < 1.29 is 4.79 Å². The molecule has 0 aliphatic heterocycles. The number of nitrogens with zero attached hydrogens (tertiary/aromatic N) is 2. The lowest BCUT2D eigenvalue weighted by Crippen LogP contribution is -2.31.